The van der Waals surface area contributed by atoms with E-state index in [1.807, 2.05) is 72.4 Å². The van der Waals surface area contributed by atoms with Gasteiger partial charge in [-0.05, 0) is 24.6 Å². The Labute approximate surface area is 195 Å². The number of fused-ring (bicyclic) bond motifs is 2. The molecule has 0 radical (unpaired) electrons. The number of amidine groups is 1. The topological polar surface area (TPSA) is 93.9 Å². The lowest BCUT2D eigenvalue weighted by atomic mass is 9.99. The molecule has 0 bridgehead atoms. The van der Waals surface area contributed by atoms with Gasteiger partial charge < -0.3 is 14.9 Å². The van der Waals surface area contributed by atoms with Crippen LogP contribution in [0, 0.1) is 5.41 Å². The monoisotopic (exact) mass is 456 g/mol. The molecule has 0 aliphatic heterocycles. The molecule has 2 heterocycles. The maximum absolute atomic E-state index is 13.1. The number of Topliss-reactive ketones (excluding diaryl/α,β-unsaturated/α-hetero) is 2. The number of ketones is 2. The molecule has 1 aliphatic rings. The van der Waals surface area contributed by atoms with Gasteiger partial charge >= 0.3 is 0 Å². The minimum absolute atomic E-state index is 0.0963. The second-order valence-corrected chi connectivity index (χ2v) is 9.38. The summed E-state index contributed by atoms with van der Waals surface area (Å²) in [7, 11) is 1.94. The minimum atomic E-state index is -0.129. The smallest absolute Gasteiger partial charge is 0.173 e. The normalized spacial score (nSPS) is 14.2. The van der Waals surface area contributed by atoms with Crippen molar-refractivity contribution in [3.05, 3.63) is 72.1 Å². The molecule has 5 rings (SSSR count). The molecule has 166 valence electrons. The Morgan fingerprint density at radius 3 is 2.48 bits per heavy atom. The van der Waals surface area contributed by atoms with Gasteiger partial charge in [0.05, 0.1) is 17.7 Å². The molecule has 4 aromatic rings. The molecular weight excluding hydrogens is 432 g/mol. The predicted octanol–water partition coefficient (Wildman–Crippen LogP) is 4.60. The number of carbonyl (C=O) groups excluding carboxylic acids is 2. The number of nitrogens with two attached hydrogens (primary N) is 1. The fourth-order valence-corrected chi connectivity index (χ4v) is 5.23. The van der Waals surface area contributed by atoms with Crippen LogP contribution in [0.15, 0.2) is 60.8 Å². The summed E-state index contributed by atoms with van der Waals surface area (Å²) in [6, 6.07) is 18.0. The number of benzene rings is 2. The first-order chi connectivity index (χ1) is 16.0. The molecule has 0 fully saturated rings. The van der Waals surface area contributed by atoms with Gasteiger partial charge in [0.25, 0.3) is 0 Å². The second kappa shape index (κ2) is 8.41. The van der Waals surface area contributed by atoms with Crippen LogP contribution in [0.1, 0.15) is 24.1 Å². The van der Waals surface area contributed by atoms with E-state index in [2.05, 4.69) is 4.57 Å². The van der Waals surface area contributed by atoms with Crippen LogP contribution in [0.4, 0.5) is 0 Å². The summed E-state index contributed by atoms with van der Waals surface area (Å²) in [5.41, 5.74) is 10.1. The van der Waals surface area contributed by atoms with E-state index >= 15 is 0 Å². The summed E-state index contributed by atoms with van der Waals surface area (Å²) < 4.78 is 4.13. The predicted molar refractivity (Wildman–Crippen MR) is 135 cm³/mol. The average molecular weight is 457 g/mol. The molecule has 0 amide bonds. The van der Waals surface area contributed by atoms with Crippen molar-refractivity contribution >= 4 is 61.4 Å². The van der Waals surface area contributed by atoms with E-state index in [1.165, 1.54) is 11.8 Å². The zero-order valence-corrected chi connectivity index (χ0v) is 19.1. The number of hydrogen-bond acceptors (Lipinski definition) is 4. The number of rotatable bonds is 6. The highest BCUT2D eigenvalue weighted by molar-refractivity contribution is 8.13. The van der Waals surface area contributed by atoms with Crippen molar-refractivity contribution in [3.8, 4) is 0 Å². The van der Waals surface area contributed by atoms with Crippen molar-refractivity contribution in [3.63, 3.8) is 0 Å². The van der Waals surface area contributed by atoms with E-state index in [0.29, 0.717) is 11.1 Å². The van der Waals surface area contributed by atoms with E-state index < -0.39 is 0 Å². The van der Waals surface area contributed by atoms with Crippen LogP contribution in [-0.2, 0) is 23.2 Å². The number of para-hydroxylation sites is 2. The Balaban J connectivity index is 1.66. The zero-order valence-electron chi connectivity index (χ0n) is 18.3. The highest BCUT2D eigenvalue weighted by Gasteiger charge is 2.35. The van der Waals surface area contributed by atoms with Crippen LogP contribution < -0.4 is 5.73 Å². The molecule has 0 saturated heterocycles. The fraction of sp³-hybridized carbons (Fsp3) is 0.192. The lowest BCUT2D eigenvalue weighted by Crippen LogP contribution is -2.06. The maximum atomic E-state index is 13.1. The van der Waals surface area contributed by atoms with Crippen molar-refractivity contribution in [2.24, 2.45) is 12.8 Å². The molecule has 2 aromatic carbocycles. The number of nitrogens with one attached hydrogen (secondary N) is 1. The molecule has 6 nitrogen and oxygen atoms in total. The van der Waals surface area contributed by atoms with E-state index in [-0.39, 0.29) is 23.2 Å². The number of carbonyl (C=O) groups is 2. The number of nitrogens with zero attached hydrogens (tertiary/aromatic N) is 2. The van der Waals surface area contributed by atoms with E-state index in [1.54, 1.807) is 0 Å². The largest absolute Gasteiger partial charge is 0.379 e. The lowest BCUT2D eigenvalue weighted by molar-refractivity contribution is -0.119. The van der Waals surface area contributed by atoms with E-state index in [4.69, 9.17) is 11.1 Å². The highest BCUT2D eigenvalue weighted by atomic mass is 32.2. The van der Waals surface area contributed by atoms with Gasteiger partial charge in [-0.2, -0.15) is 0 Å². The minimum Gasteiger partial charge on any atom is -0.379 e. The van der Waals surface area contributed by atoms with Crippen LogP contribution in [-0.4, -0.2) is 31.6 Å². The number of allylic oxidation sites excluding steroid dienone is 2. The summed E-state index contributed by atoms with van der Waals surface area (Å²) >= 11 is 1.33. The molecule has 1 aliphatic carbocycles. The molecule has 7 heteroatoms. The third kappa shape index (κ3) is 3.68. The van der Waals surface area contributed by atoms with Gasteiger partial charge in [0.2, 0.25) is 0 Å². The molecule has 0 atom stereocenters. The molecule has 0 unspecified atom stereocenters. The Hall–Kier alpha value is -3.58. The molecule has 33 heavy (non-hydrogen) atoms. The van der Waals surface area contributed by atoms with E-state index in [0.717, 1.165) is 51.8 Å². The first-order valence-electron chi connectivity index (χ1n) is 10.9. The van der Waals surface area contributed by atoms with Crippen molar-refractivity contribution in [2.45, 2.75) is 19.4 Å². The van der Waals surface area contributed by atoms with Crippen LogP contribution >= 0.6 is 11.8 Å². The van der Waals surface area contributed by atoms with Gasteiger partial charge in [0.1, 0.15) is 0 Å². The van der Waals surface area contributed by atoms with Crippen LogP contribution in [0.3, 0.4) is 0 Å². The molecule has 2 aromatic heterocycles. The highest BCUT2D eigenvalue weighted by Crippen LogP contribution is 2.40. The summed E-state index contributed by atoms with van der Waals surface area (Å²) in [4.78, 5) is 26.2. The van der Waals surface area contributed by atoms with Gasteiger partial charge in [-0.3, -0.25) is 15.0 Å². The number of thioether (sulfide) groups is 1. The third-order valence-electron chi connectivity index (χ3n) is 6.20. The SMILES string of the molecule is Cn1c(C2=C(c3cn(CCCSC(=N)N)c4ccccc34)C(=O)CC2=O)cc2ccccc21. The van der Waals surface area contributed by atoms with E-state index in [9.17, 15) is 9.59 Å². The van der Waals surface area contributed by atoms with Crippen LogP contribution in [0.25, 0.3) is 33.0 Å². The maximum Gasteiger partial charge on any atom is 0.173 e. The standard InChI is InChI=1S/C26H24N4O2S/c1-29-19-9-4-2-7-16(19)13-21(29)25-23(32)14-22(31)24(25)18-15-30(11-6-12-33-26(27)28)20-10-5-3-8-17(18)20/h2-5,7-10,13,15H,6,11-12,14H2,1H3,(H3,27,28). The van der Waals surface area contributed by atoms with Gasteiger partial charge in [-0.15, -0.1) is 0 Å². The second-order valence-electron chi connectivity index (χ2n) is 8.24. The Morgan fingerprint density at radius 2 is 1.73 bits per heavy atom. The van der Waals surface area contributed by atoms with Crippen LogP contribution in [0.5, 0.6) is 0 Å². The zero-order chi connectivity index (χ0) is 23.1. The molecule has 0 spiro atoms. The number of hydrogen-bond donors (Lipinski definition) is 2. The van der Waals surface area contributed by atoms with Gasteiger partial charge in [-0.1, -0.05) is 48.2 Å². The van der Waals surface area contributed by atoms with Gasteiger partial charge in [0.15, 0.2) is 16.7 Å². The van der Waals surface area contributed by atoms with Crippen LogP contribution in [0.2, 0.25) is 0 Å². The quantitative estimate of drug-likeness (QED) is 0.192. The van der Waals surface area contributed by atoms with Crippen molar-refractivity contribution in [2.75, 3.05) is 5.75 Å². The molecule has 0 saturated carbocycles. The first-order valence-corrected chi connectivity index (χ1v) is 11.8. The summed E-state index contributed by atoms with van der Waals surface area (Å²) in [5.74, 6) is 0.490. The Kier molecular flexibility index (Phi) is 5.42. The molecule has 3 N–H and O–H groups in total. The third-order valence-corrected chi connectivity index (χ3v) is 7.00. The number of aromatic nitrogens is 2. The molecular formula is C26H24N4O2S. The summed E-state index contributed by atoms with van der Waals surface area (Å²) in [6.07, 6.45) is 2.74. The van der Waals surface area contributed by atoms with Crippen molar-refractivity contribution in [1.29, 1.82) is 5.41 Å². The van der Waals surface area contributed by atoms with Gasteiger partial charge in [-0.25, -0.2) is 0 Å². The average Bonchev–Trinajstić information content (AvgIpc) is 3.42. The first kappa shape index (κ1) is 21.3. The number of aryl methyl sites for hydroxylation is 2. The van der Waals surface area contributed by atoms with Crippen molar-refractivity contribution in [1.82, 2.24) is 9.13 Å². The van der Waals surface area contributed by atoms with Gasteiger partial charge in [0, 0.05) is 58.5 Å². The Bertz CT molecular complexity index is 1470. The summed E-state index contributed by atoms with van der Waals surface area (Å²) in [6.45, 7) is 0.736. The van der Waals surface area contributed by atoms with Crippen molar-refractivity contribution < 1.29 is 9.59 Å². The fourth-order valence-electron chi connectivity index (χ4n) is 4.73. The Morgan fingerprint density at radius 1 is 1.03 bits per heavy atom. The lowest BCUT2D eigenvalue weighted by Gasteiger charge is -2.07. The summed E-state index contributed by atoms with van der Waals surface area (Å²) in [5, 5.41) is 9.51.